The predicted octanol–water partition coefficient (Wildman–Crippen LogP) is 4.49. The van der Waals surface area contributed by atoms with Gasteiger partial charge in [0, 0.05) is 11.6 Å². The van der Waals surface area contributed by atoms with Crippen LogP contribution in [-0.4, -0.2) is 12.6 Å². The van der Waals surface area contributed by atoms with Gasteiger partial charge in [-0.05, 0) is 54.1 Å². The van der Waals surface area contributed by atoms with Crippen molar-refractivity contribution in [3.05, 3.63) is 57.8 Å². The smallest absolute Gasteiger partial charge is 0.151 e. The highest BCUT2D eigenvalue weighted by Gasteiger charge is 2.19. The Balaban J connectivity index is 1.69. The first-order valence-electron chi connectivity index (χ1n) is 7.32. The fourth-order valence-electron chi connectivity index (χ4n) is 2.89. The van der Waals surface area contributed by atoms with Gasteiger partial charge in [0.1, 0.15) is 0 Å². The number of hydrogen-bond donors (Lipinski definition) is 1. The van der Waals surface area contributed by atoms with Gasteiger partial charge >= 0.3 is 0 Å². The summed E-state index contributed by atoms with van der Waals surface area (Å²) < 4.78 is 14.7. The summed E-state index contributed by atoms with van der Waals surface area (Å²) in [5.74, 6) is 0. The molecule has 0 saturated carbocycles. The second-order valence-electron chi connectivity index (χ2n) is 5.46. The molecular formula is C17H20FNS. The molecule has 0 aliphatic carbocycles. The molecule has 106 valence electrons. The Morgan fingerprint density at radius 1 is 1.25 bits per heavy atom. The molecule has 2 heterocycles. The molecule has 1 aliphatic rings. The van der Waals surface area contributed by atoms with Crippen molar-refractivity contribution >= 4 is 11.3 Å². The van der Waals surface area contributed by atoms with Crippen LogP contribution in [0.2, 0.25) is 0 Å². The van der Waals surface area contributed by atoms with E-state index < -0.39 is 6.17 Å². The van der Waals surface area contributed by atoms with Gasteiger partial charge in [0.25, 0.3) is 0 Å². The number of alkyl halides is 1. The third kappa shape index (κ3) is 3.10. The maximum absolute atomic E-state index is 14.7. The highest BCUT2D eigenvalue weighted by molar-refractivity contribution is 7.08. The summed E-state index contributed by atoms with van der Waals surface area (Å²) in [5.41, 5.74) is 2.80. The SMILES string of the molecule is FC(c1ccccc1)c1cscc1CCC1CCCN1. The molecule has 1 aromatic heterocycles. The maximum Gasteiger partial charge on any atom is 0.151 e. The second kappa shape index (κ2) is 6.51. The van der Waals surface area contributed by atoms with Gasteiger partial charge in [0.05, 0.1) is 0 Å². The quantitative estimate of drug-likeness (QED) is 0.855. The van der Waals surface area contributed by atoms with Gasteiger partial charge in [-0.3, -0.25) is 0 Å². The monoisotopic (exact) mass is 289 g/mol. The number of halogens is 1. The van der Waals surface area contributed by atoms with Gasteiger partial charge in [-0.1, -0.05) is 30.3 Å². The Bertz CT molecular complexity index is 531. The van der Waals surface area contributed by atoms with E-state index in [1.165, 1.54) is 18.4 Å². The predicted molar refractivity (Wildman–Crippen MR) is 83.1 cm³/mol. The van der Waals surface area contributed by atoms with Crippen molar-refractivity contribution in [3.63, 3.8) is 0 Å². The van der Waals surface area contributed by atoms with E-state index >= 15 is 0 Å². The lowest BCUT2D eigenvalue weighted by atomic mass is 9.98. The topological polar surface area (TPSA) is 12.0 Å². The first-order valence-corrected chi connectivity index (χ1v) is 8.26. The zero-order chi connectivity index (χ0) is 13.8. The van der Waals surface area contributed by atoms with E-state index in [4.69, 9.17) is 0 Å². The van der Waals surface area contributed by atoms with E-state index in [0.717, 1.165) is 30.5 Å². The van der Waals surface area contributed by atoms with Crippen molar-refractivity contribution in [1.82, 2.24) is 5.32 Å². The van der Waals surface area contributed by atoms with E-state index in [2.05, 4.69) is 10.7 Å². The molecule has 2 atom stereocenters. The molecule has 1 fully saturated rings. The van der Waals surface area contributed by atoms with Crippen LogP contribution in [0.3, 0.4) is 0 Å². The number of aryl methyl sites for hydroxylation is 1. The van der Waals surface area contributed by atoms with Crippen molar-refractivity contribution < 1.29 is 4.39 Å². The van der Waals surface area contributed by atoms with Crippen molar-refractivity contribution in [2.45, 2.75) is 37.9 Å². The molecule has 1 nitrogen and oxygen atoms in total. The standard InChI is InChI=1S/C17H20FNS/c18-17(13-5-2-1-3-6-13)16-12-20-11-14(16)8-9-15-7-4-10-19-15/h1-3,5-6,11-12,15,17,19H,4,7-10H2. The first kappa shape index (κ1) is 13.8. The van der Waals surface area contributed by atoms with Crippen molar-refractivity contribution in [2.75, 3.05) is 6.54 Å². The number of rotatable bonds is 5. The van der Waals surface area contributed by atoms with Crippen LogP contribution in [0.1, 0.15) is 42.1 Å². The number of benzene rings is 1. The lowest BCUT2D eigenvalue weighted by molar-refractivity contribution is 0.399. The molecule has 0 bridgehead atoms. The summed E-state index contributed by atoms with van der Waals surface area (Å²) in [6, 6.07) is 10.1. The molecule has 1 aliphatic heterocycles. The molecular weight excluding hydrogens is 269 g/mol. The Labute approximate surface area is 123 Å². The van der Waals surface area contributed by atoms with Gasteiger partial charge in [0.2, 0.25) is 0 Å². The molecule has 0 amide bonds. The zero-order valence-electron chi connectivity index (χ0n) is 11.5. The van der Waals surface area contributed by atoms with Gasteiger partial charge < -0.3 is 5.32 Å². The maximum atomic E-state index is 14.7. The average molecular weight is 289 g/mol. The summed E-state index contributed by atoms with van der Waals surface area (Å²) in [6.45, 7) is 1.14. The Kier molecular flexibility index (Phi) is 4.48. The molecule has 1 saturated heterocycles. The Hall–Kier alpha value is -1.19. The molecule has 2 unspecified atom stereocenters. The lowest BCUT2D eigenvalue weighted by Gasteiger charge is -2.13. The molecule has 1 aromatic carbocycles. The molecule has 1 N–H and O–H groups in total. The molecule has 3 rings (SSSR count). The van der Waals surface area contributed by atoms with E-state index in [9.17, 15) is 4.39 Å². The van der Waals surface area contributed by atoms with E-state index in [-0.39, 0.29) is 0 Å². The number of thiophene rings is 1. The van der Waals surface area contributed by atoms with Crippen LogP contribution in [0.4, 0.5) is 4.39 Å². The number of nitrogens with one attached hydrogen (secondary N) is 1. The summed E-state index contributed by atoms with van der Waals surface area (Å²) in [5, 5.41) is 7.59. The van der Waals surface area contributed by atoms with E-state index in [0.29, 0.717) is 6.04 Å². The van der Waals surface area contributed by atoms with Gasteiger partial charge in [-0.25, -0.2) is 4.39 Å². The van der Waals surface area contributed by atoms with Crippen molar-refractivity contribution in [2.24, 2.45) is 0 Å². The Morgan fingerprint density at radius 2 is 2.10 bits per heavy atom. The zero-order valence-corrected chi connectivity index (χ0v) is 12.3. The summed E-state index contributed by atoms with van der Waals surface area (Å²) in [4.78, 5) is 0. The van der Waals surface area contributed by atoms with Crippen molar-refractivity contribution in [1.29, 1.82) is 0 Å². The highest BCUT2D eigenvalue weighted by Crippen LogP contribution is 2.32. The van der Waals surface area contributed by atoms with Crippen LogP contribution >= 0.6 is 11.3 Å². The third-order valence-electron chi connectivity index (χ3n) is 4.07. The average Bonchev–Trinajstić information content (AvgIpc) is 3.16. The van der Waals surface area contributed by atoms with Crippen LogP contribution in [-0.2, 0) is 6.42 Å². The van der Waals surface area contributed by atoms with Crippen LogP contribution in [0.15, 0.2) is 41.1 Å². The van der Waals surface area contributed by atoms with Crippen LogP contribution in [0.5, 0.6) is 0 Å². The minimum Gasteiger partial charge on any atom is -0.314 e. The van der Waals surface area contributed by atoms with Gasteiger partial charge in [-0.2, -0.15) is 11.3 Å². The molecule has 2 aromatic rings. The normalized spacial score (nSPS) is 20.1. The van der Waals surface area contributed by atoms with Crippen LogP contribution < -0.4 is 5.32 Å². The minimum absolute atomic E-state index is 0.623. The fourth-order valence-corrected chi connectivity index (χ4v) is 3.80. The summed E-state index contributed by atoms with van der Waals surface area (Å²) in [7, 11) is 0. The van der Waals surface area contributed by atoms with Gasteiger partial charge in [0.15, 0.2) is 6.17 Å². The lowest BCUT2D eigenvalue weighted by Crippen LogP contribution is -2.21. The minimum atomic E-state index is -0.992. The first-order chi connectivity index (χ1) is 9.84. The fraction of sp³-hybridized carbons (Fsp3) is 0.412. The van der Waals surface area contributed by atoms with Crippen LogP contribution in [0, 0.1) is 0 Å². The molecule has 20 heavy (non-hydrogen) atoms. The van der Waals surface area contributed by atoms with Crippen molar-refractivity contribution in [3.8, 4) is 0 Å². The summed E-state index contributed by atoms with van der Waals surface area (Å²) >= 11 is 1.61. The second-order valence-corrected chi connectivity index (χ2v) is 6.20. The van der Waals surface area contributed by atoms with E-state index in [1.807, 2.05) is 35.7 Å². The third-order valence-corrected chi connectivity index (χ3v) is 4.88. The molecule has 3 heteroatoms. The Morgan fingerprint density at radius 3 is 2.85 bits per heavy atom. The molecule has 0 spiro atoms. The summed E-state index contributed by atoms with van der Waals surface area (Å²) in [6.07, 6.45) is 3.64. The molecule has 0 radical (unpaired) electrons. The highest BCUT2D eigenvalue weighted by atomic mass is 32.1. The number of hydrogen-bond acceptors (Lipinski definition) is 2. The largest absolute Gasteiger partial charge is 0.314 e. The van der Waals surface area contributed by atoms with Crippen LogP contribution in [0.25, 0.3) is 0 Å². The van der Waals surface area contributed by atoms with Gasteiger partial charge in [-0.15, -0.1) is 0 Å². The van der Waals surface area contributed by atoms with E-state index in [1.54, 1.807) is 11.3 Å².